The number of nitrogens with one attached hydrogen (secondary N) is 2. The highest BCUT2D eigenvalue weighted by Gasteiger charge is 2.20. The van der Waals surface area contributed by atoms with Crippen LogP contribution in [0, 0.1) is 6.92 Å². The number of aromatic nitrogens is 3. The van der Waals surface area contributed by atoms with Gasteiger partial charge >= 0.3 is 0 Å². The third-order valence-corrected chi connectivity index (χ3v) is 5.21. The Bertz CT molecular complexity index is 934. The Balaban J connectivity index is 1.87. The minimum Gasteiger partial charge on any atom is -0.346 e. The van der Waals surface area contributed by atoms with Gasteiger partial charge in [-0.1, -0.05) is 29.8 Å². The van der Waals surface area contributed by atoms with Gasteiger partial charge in [0.2, 0.25) is 0 Å². The second kappa shape index (κ2) is 8.50. The molecule has 0 atom stereocenters. The van der Waals surface area contributed by atoms with Gasteiger partial charge in [-0.3, -0.25) is 4.79 Å². The van der Waals surface area contributed by atoms with Crippen molar-refractivity contribution in [3.8, 4) is 5.69 Å². The summed E-state index contributed by atoms with van der Waals surface area (Å²) in [6.45, 7) is 9.73. The molecule has 0 radical (unpaired) electrons. The number of carbonyl (C=O) groups excluding carboxylic acids is 1. The molecule has 1 amide bonds. The average Bonchev–Trinajstić information content (AvgIpc) is 3.03. The summed E-state index contributed by atoms with van der Waals surface area (Å²) in [5.74, 6) is -0.201. The van der Waals surface area contributed by atoms with Crippen LogP contribution >= 0.6 is 11.6 Å². The van der Waals surface area contributed by atoms with Crippen molar-refractivity contribution in [1.82, 2.24) is 20.1 Å². The molecular weight excluding hydrogens is 362 g/mol. The van der Waals surface area contributed by atoms with Gasteiger partial charge in [0, 0.05) is 6.20 Å². The van der Waals surface area contributed by atoms with Crippen LogP contribution in [0.2, 0.25) is 5.02 Å². The van der Waals surface area contributed by atoms with Gasteiger partial charge in [-0.15, -0.1) is 0 Å². The van der Waals surface area contributed by atoms with Gasteiger partial charge in [-0.2, -0.15) is 5.10 Å². The summed E-state index contributed by atoms with van der Waals surface area (Å²) in [7, 11) is 0. The minimum absolute atomic E-state index is 0.201. The quantitative estimate of drug-likeness (QED) is 0.653. The first-order valence-electron chi connectivity index (χ1n) is 9.27. The van der Waals surface area contributed by atoms with Crippen molar-refractivity contribution in [3.63, 3.8) is 0 Å². The zero-order valence-corrected chi connectivity index (χ0v) is 16.7. The summed E-state index contributed by atoms with van der Waals surface area (Å²) in [5.41, 5.74) is 2.68. The first-order chi connectivity index (χ1) is 13.1. The van der Waals surface area contributed by atoms with Gasteiger partial charge in [0.15, 0.2) is 5.65 Å². The van der Waals surface area contributed by atoms with E-state index in [4.69, 9.17) is 11.6 Å². The van der Waals surface area contributed by atoms with Gasteiger partial charge in [0.05, 0.1) is 53.5 Å². The third-order valence-electron chi connectivity index (χ3n) is 4.82. The van der Waals surface area contributed by atoms with Crippen molar-refractivity contribution in [1.29, 1.82) is 0 Å². The molecule has 0 spiro atoms. The maximum Gasteiger partial charge on any atom is 0.254 e. The molecule has 3 aromatic rings. The number of halogens is 1. The average molecular weight is 387 g/mol. The van der Waals surface area contributed by atoms with E-state index in [1.54, 1.807) is 4.68 Å². The van der Waals surface area contributed by atoms with Gasteiger partial charge in [-0.05, 0) is 32.9 Å². The van der Waals surface area contributed by atoms with E-state index in [0.717, 1.165) is 31.0 Å². The highest BCUT2D eigenvalue weighted by molar-refractivity contribution is 6.38. The Kier molecular flexibility index (Phi) is 6.08. The van der Waals surface area contributed by atoms with Crippen LogP contribution in [0.5, 0.6) is 0 Å². The predicted molar refractivity (Wildman–Crippen MR) is 108 cm³/mol. The van der Waals surface area contributed by atoms with Gasteiger partial charge in [0.25, 0.3) is 5.91 Å². The summed E-state index contributed by atoms with van der Waals surface area (Å²) in [6.07, 6.45) is 1.53. The Labute approximate surface area is 164 Å². The van der Waals surface area contributed by atoms with Crippen molar-refractivity contribution in [2.75, 3.05) is 26.2 Å². The lowest BCUT2D eigenvalue weighted by Gasteiger charge is -2.15. The second-order valence-electron chi connectivity index (χ2n) is 6.48. The van der Waals surface area contributed by atoms with E-state index in [-0.39, 0.29) is 5.91 Å². The molecule has 27 heavy (non-hydrogen) atoms. The Morgan fingerprint density at radius 2 is 1.93 bits per heavy atom. The van der Waals surface area contributed by atoms with Gasteiger partial charge in [-0.25, -0.2) is 9.67 Å². The number of rotatable bonds is 7. The maximum atomic E-state index is 12.6. The smallest absolute Gasteiger partial charge is 0.254 e. The largest absolute Gasteiger partial charge is 0.346 e. The van der Waals surface area contributed by atoms with Crippen molar-refractivity contribution >= 4 is 28.5 Å². The number of nitrogens with zero attached hydrogens (tertiary/aromatic N) is 3. The Morgan fingerprint density at radius 3 is 2.59 bits per heavy atom. The SMILES string of the molecule is CC[NH+](CC)CCNC(=O)c1cnc2c(c(C)nn2-c2ccccc2)c1Cl. The molecule has 0 unspecified atom stereocenters. The first-order valence-corrected chi connectivity index (χ1v) is 9.65. The molecule has 0 saturated heterocycles. The minimum atomic E-state index is -0.201. The van der Waals surface area contributed by atoms with Crippen LogP contribution in [0.15, 0.2) is 36.5 Å². The van der Waals surface area contributed by atoms with Gasteiger partial charge in [0.1, 0.15) is 0 Å². The fraction of sp³-hybridized carbons (Fsp3) is 0.350. The number of amides is 1. The van der Waals surface area contributed by atoms with Crippen molar-refractivity contribution in [2.45, 2.75) is 20.8 Å². The number of hydrogen-bond acceptors (Lipinski definition) is 3. The summed E-state index contributed by atoms with van der Waals surface area (Å²) in [6, 6.07) is 9.75. The highest BCUT2D eigenvalue weighted by Crippen LogP contribution is 2.29. The fourth-order valence-corrected chi connectivity index (χ4v) is 3.52. The lowest BCUT2D eigenvalue weighted by molar-refractivity contribution is -0.895. The van der Waals surface area contributed by atoms with Crippen molar-refractivity contribution in [3.05, 3.63) is 52.8 Å². The Morgan fingerprint density at radius 1 is 1.22 bits per heavy atom. The molecule has 3 rings (SSSR count). The molecule has 0 bridgehead atoms. The van der Waals surface area contributed by atoms with Crippen LogP contribution in [-0.4, -0.2) is 46.9 Å². The number of pyridine rings is 1. The lowest BCUT2D eigenvalue weighted by atomic mass is 10.2. The number of para-hydroxylation sites is 1. The van der Waals surface area contributed by atoms with E-state index in [2.05, 4.69) is 29.2 Å². The standard InChI is InChI=1S/C20H24ClN5O/c1-4-25(5-2)12-11-22-20(27)16-13-23-19-17(18(16)21)14(3)24-26(19)15-9-7-6-8-10-15/h6-10,13H,4-5,11-12H2,1-3H3,(H,22,27)/p+1. The molecule has 142 valence electrons. The molecule has 7 heteroatoms. The first kappa shape index (κ1) is 19.3. The third kappa shape index (κ3) is 3.96. The number of aryl methyl sites for hydroxylation is 1. The molecule has 2 N–H and O–H groups in total. The van der Waals surface area contributed by atoms with Crippen LogP contribution in [0.25, 0.3) is 16.7 Å². The summed E-state index contributed by atoms with van der Waals surface area (Å²) in [5, 5.41) is 8.62. The normalized spacial score (nSPS) is 11.3. The van der Waals surface area contributed by atoms with Crippen LogP contribution < -0.4 is 10.2 Å². The summed E-state index contributed by atoms with van der Waals surface area (Å²) < 4.78 is 1.75. The van der Waals surface area contributed by atoms with Crippen molar-refractivity contribution < 1.29 is 9.69 Å². The monoisotopic (exact) mass is 386 g/mol. The zero-order valence-electron chi connectivity index (χ0n) is 15.9. The molecule has 6 nitrogen and oxygen atoms in total. The van der Waals surface area contributed by atoms with Crippen molar-refractivity contribution in [2.24, 2.45) is 0 Å². The molecule has 2 heterocycles. The number of fused-ring (bicyclic) bond motifs is 1. The van der Waals surface area contributed by atoms with E-state index in [1.807, 2.05) is 37.3 Å². The second-order valence-corrected chi connectivity index (χ2v) is 6.86. The van der Waals surface area contributed by atoms with E-state index in [1.165, 1.54) is 11.1 Å². The molecule has 0 aliphatic carbocycles. The molecule has 0 aliphatic rings. The zero-order chi connectivity index (χ0) is 19.4. The molecule has 0 saturated carbocycles. The predicted octanol–water partition coefficient (Wildman–Crippen LogP) is 2.04. The maximum absolute atomic E-state index is 12.6. The summed E-state index contributed by atoms with van der Waals surface area (Å²) >= 11 is 6.58. The van der Waals surface area contributed by atoms with E-state index >= 15 is 0 Å². The van der Waals surface area contributed by atoms with E-state index in [9.17, 15) is 4.79 Å². The topological polar surface area (TPSA) is 64.2 Å². The Hall–Kier alpha value is -2.44. The molecule has 0 fully saturated rings. The number of carbonyl (C=O) groups is 1. The number of hydrogen-bond donors (Lipinski definition) is 2. The number of quaternary nitrogens is 1. The molecule has 1 aromatic carbocycles. The van der Waals surface area contributed by atoms with Gasteiger partial charge < -0.3 is 10.2 Å². The van der Waals surface area contributed by atoms with Crippen LogP contribution in [0.1, 0.15) is 29.9 Å². The van der Waals surface area contributed by atoms with Crippen LogP contribution in [0.4, 0.5) is 0 Å². The fourth-order valence-electron chi connectivity index (χ4n) is 3.17. The van der Waals surface area contributed by atoms with E-state index < -0.39 is 0 Å². The number of likely N-dealkylation sites (N-methyl/N-ethyl adjacent to an activating group) is 1. The lowest BCUT2D eigenvalue weighted by Crippen LogP contribution is -3.12. The number of benzene rings is 1. The molecular formula is C20H25ClN5O+. The van der Waals surface area contributed by atoms with Crippen LogP contribution in [0.3, 0.4) is 0 Å². The van der Waals surface area contributed by atoms with E-state index in [0.29, 0.717) is 28.2 Å². The molecule has 2 aromatic heterocycles. The highest BCUT2D eigenvalue weighted by atomic mass is 35.5. The van der Waals surface area contributed by atoms with Crippen LogP contribution in [-0.2, 0) is 0 Å². The molecule has 0 aliphatic heterocycles. The summed E-state index contributed by atoms with van der Waals surface area (Å²) in [4.78, 5) is 18.5.